The number of benzene rings is 3. The maximum absolute atomic E-state index is 14.0. The SMILES string of the molecule is O=C(NCCCCc1ccccc1)C(Cc1ccc(C(F)(F)P(=O)(O)O)cc1)NS(=O)(=O)c1ccc(Cl)cc1. The lowest BCUT2D eigenvalue weighted by Gasteiger charge is -2.20. The summed E-state index contributed by atoms with van der Waals surface area (Å²) in [6.07, 6.45) is 2.05. The van der Waals surface area contributed by atoms with Crippen LogP contribution in [0.4, 0.5) is 8.78 Å². The zero-order chi connectivity index (χ0) is 28.7. The van der Waals surface area contributed by atoms with Crippen molar-refractivity contribution < 1.29 is 36.3 Å². The number of amides is 1. The molecule has 1 unspecified atom stereocenters. The Labute approximate surface area is 230 Å². The van der Waals surface area contributed by atoms with Gasteiger partial charge < -0.3 is 15.1 Å². The van der Waals surface area contributed by atoms with E-state index in [-0.39, 0.29) is 17.9 Å². The number of unbranched alkanes of at least 4 members (excludes halogenated alkanes) is 1. The summed E-state index contributed by atoms with van der Waals surface area (Å²) in [7, 11) is -9.91. The van der Waals surface area contributed by atoms with E-state index in [1.54, 1.807) is 0 Å². The first-order valence-corrected chi connectivity index (χ1v) is 15.4. The number of aryl methyl sites for hydroxylation is 1. The standard InChI is InChI=1S/C26H28ClF2N2O6PS/c27-22-13-15-23(16-14-22)39(36,37)31-24(25(32)30-17-5-4-8-19-6-2-1-3-7-19)18-20-9-11-21(12-10-20)26(28,29)38(33,34)35/h1-3,6-7,9-16,24,31H,4-5,8,17-18H2,(H,30,32)(H2,33,34,35). The number of carbonyl (C=O) groups is 1. The Balaban J connectivity index is 1.72. The van der Waals surface area contributed by atoms with Gasteiger partial charge in [-0.05, 0) is 61.1 Å². The van der Waals surface area contributed by atoms with Gasteiger partial charge in [0.05, 0.1) is 4.90 Å². The molecule has 3 rings (SSSR count). The van der Waals surface area contributed by atoms with E-state index in [9.17, 15) is 26.6 Å². The molecule has 4 N–H and O–H groups in total. The van der Waals surface area contributed by atoms with E-state index in [4.69, 9.17) is 21.4 Å². The average molecular weight is 601 g/mol. The normalized spacial score (nSPS) is 13.2. The number of carbonyl (C=O) groups excluding carboxylic acids is 1. The number of rotatable bonds is 13. The predicted molar refractivity (Wildman–Crippen MR) is 144 cm³/mol. The molecule has 0 aliphatic rings. The molecule has 0 radical (unpaired) electrons. The quantitative estimate of drug-likeness (QED) is 0.167. The van der Waals surface area contributed by atoms with Gasteiger partial charge >= 0.3 is 13.3 Å². The van der Waals surface area contributed by atoms with Crippen molar-refractivity contribution in [3.05, 3.63) is 101 Å². The van der Waals surface area contributed by atoms with Crippen LogP contribution in [0.25, 0.3) is 0 Å². The lowest BCUT2D eigenvalue weighted by atomic mass is 10.0. The Hall–Kier alpha value is -2.66. The molecule has 0 saturated carbocycles. The molecule has 0 spiro atoms. The van der Waals surface area contributed by atoms with Gasteiger partial charge in [-0.1, -0.05) is 66.2 Å². The van der Waals surface area contributed by atoms with Crippen molar-refractivity contribution in [1.29, 1.82) is 0 Å². The fourth-order valence-corrected chi connectivity index (χ4v) is 5.54. The summed E-state index contributed by atoms with van der Waals surface area (Å²) < 4.78 is 67.4. The number of sulfonamides is 1. The first-order chi connectivity index (χ1) is 18.3. The summed E-state index contributed by atoms with van der Waals surface area (Å²) >= 11 is 5.84. The van der Waals surface area contributed by atoms with E-state index in [0.717, 1.165) is 42.7 Å². The number of nitrogens with one attached hydrogen (secondary N) is 2. The number of halogens is 3. The molecule has 0 bridgehead atoms. The van der Waals surface area contributed by atoms with Gasteiger partial charge in [-0.2, -0.15) is 13.5 Å². The Bertz CT molecular complexity index is 1400. The second-order valence-electron chi connectivity index (χ2n) is 8.85. The maximum Gasteiger partial charge on any atom is 0.399 e. The van der Waals surface area contributed by atoms with Crippen molar-refractivity contribution in [1.82, 2.24) is 10.0 Å². The van der Waals surface area contributed by atoms with Gasteiger partial charge in [-0.25, -0.2) is 8.42 Å². The topological polar surface area (TPSA) is 133 Å². The highest BCUT2D eigenvalue weighted by atomic mass is 35.5. The summed E-state index contributed by atoms with van der Waals surface area (Å²) in [6.45, 7) is 0.290. The van der Waals surface area contributed by atoms with Gasteiger partial charge in [0.25, 0.3) is 0 Å². The first-order valence-electron chi connectivity index (χ1n) is 11.9. The fraction of sp³-hybridized carbons (Fsp3) is 0.269. The summed E-state index contributed by atoms with van der Waals surface area (Å²) in [6, 6.07) is 17.8. The third-order valence-electron chi connectivity index (χ3n) is 5.88. The van der Waals surface area contributed by atoms with E-state index in [0.29, 0.717) is 17.0 Å². The zero-order valence-electron chi connectivity index (χ0n) is 20.6. The monoisotopic (exact) mass is 600 g/mol. The van der Waals surface area contributed by atoms with Crippen molar-refractivity contribution in [3.8, 4) is 0 Å². The molecule has 39 heavy (non-hydrogen) atoms. The van der Waals surface area contributed by atoms with Crippen LogP contribution in [-0.2, 0) is 37.9 Å². The summed E-state index contributed by atoms with van der Waals surface area (Å²) in [5.41, 5.74) is -3.84. The molecule has 0 aliphatic heterocycles. The summed E-state index contributed by atoms with van der Waals surface area (Å²) in [5, 5.41) is 3.04. The molecular weight excluding hydrogens is 573 g/mol. The Morgan fingerprint density at radius 3 is 2.13 bits per heavy atom. The zero-order valence-corrected chi connectivity index (χ0v) is 23.1. The average Bonchev–Trinajstić information content (AvgIpc) is 2.88. The van der Waals surface area contributed by atoms with Gasteiger partial charge in [0.15, 0.2) is 0 Å². The van der Waals surface area contributed by atoms with Crippen LogP contribution in [0, 0.1) is 0 Å². The molecule has 0 fully saturated rings. The van der Waals surface area contributed by atoms with Crippen LogP contribution in [0.1, 0.15) is 29.5 Å². The number of alkyl halides is 2. The van der Waals surface area contributed by atoms with Gasteiger partial charge in [0.2, 0.25) is 15.9 Å². The number of hydrogen-bond donors (Lipinski definition) is 4. The van der Waals surface area contributed by atoms with Gasteiger partial charge in [-0.15, -0.1) is 0 Å². The molecule has 8 nitrogen and oxygen atoms in total. The van der Waals surface area contributed by atoms with E-state index >= 15 is 0 Å². The van der Waals surface area contributed by atoms with Crippen LogP contribution in [0.5, 0.6) is 0 Å². The third kappa shape index (κ3) is 8.66. The first kappa shape index (κ1) is 30.9. The molecule has 0 aliphatic carbocycles. The van der Waals surface area contributed by atoms with E-state index in [2.05, 4.69) is 10.0 Å². The van der Waals surface area contributed by atoms with Gasteiger partial charge in [0.1, 0.15) is 6.04 Å². The van der Waals surface area contributed by atoms with E-state index in [1.807, 2.05) is 30.3 Å². The molecule has 0 heterocycles. The van der Waals surface area contributed by atoms with Crippen molar-refractivity contribution in [2.24, 2.45) is 0 Å². The molecule has 1 amide bonds. The molecule has 0 saturated heterocycles. The van der Waals surface area contributed by atoms with Crippen molar-refractivity contribution in [2.45, 2.75) is 42.3 Å². The highest BCUT2D eigenvalue weighted by molar-refractivity contribution is 7.89. The smallest absolute Gasteiger partial charge is 0.355 e. The van der Waals surface area contributed by atoms with Crippen LogP contribution in [0.3, 0.4) is 0 Å². The van der Waals surface area contributed by atoms with Gasteiger partial charge in [-0.3, -0.25) is 9.36 Å². The van der Waals surface area contributed by atoms with Crippen molar-refractivity contribution in [2.75, 3.05) is 6.54 Å². The van der Waals surface area contributed by atoms with Crippen LogP contribution in [0.2, 0.25) is 5.02 Å². The molecule has 3 aromatic rings. The lowest BCUT2D eigenvalue weighted by molar-refractivity contribution is -0.122. The molecular formula is C26H28ClF2N2O6PS. The lowest BCUT2D eigenvalue weighted by Crippen LogP contribution is -2.48. The minimum atomic E-state index is -5.75. The largest absolute Gasteiger partial charge is 0.399 e. The molecule has 210 valence electrons. The van der Waals surface area contributed by atoms with Crippen LogP contribution < -0.4 is 10.0 Å². The second-order valence-corrected chi connectivity index (χ2v) is 12.6. The van der Waals surface area contributed by atoms with E-state index in [1.165, 1.54) is 24.3 Å². The van der Waals surface area contributed by atoms with Crippen LogP contribution in [0.15, 0.2) is 83.8 Å². The third-order valence-corrected chi connectivity index (χ3v) is 8.61. The van der Waals surface area contributed by atoms with Crippen molar-refractivity contribution in [3.63, 3.8) is 0 Å². The van der Waals surface area contributed by atoms with Gasteiger partial charge in [0, 0.05) is 17.1 Å². The van der Waals surface area contributed by atoms with Crippen LogP contribution in [-0.4, -0.2) is 36.7 Å². The summed E-state index contributed by atoms with van der Waals surface area (Å²) in [4.78, 5) is 30.8. The minimum Gasteiger partial charge on any atom is -0.355 e. The molecule has 1 atom stereocenters. The summed E-state index contributed by atoms with van der Waals surface area (Å²) in [5.74, 6) is -0.614. The fourth-order valence-electron chi connectivity index (χ4n) is 3.74. The minimum absolute atomic E-state index is 0.121. The Morgan fingerprint density at radius 1 is 0.923 bits per heavy atom. The molecule has 13 heteroatoms. The van der Waals surface area contributed by atoms with E-state index < -0.39 is 40.8 Å². The number of hydrogen-bond acceptors (Lipinski definition) is 4. The predicted octanol–water partition coefficient (Wildman–Crippen LogP) is 4.60. The molecule has 3 aromatic carbocycles. The highest BCUT2D eigenvalue weighted by Gasteiger charge is 2.50. The maximum atomic E-state index is 14.0. The molecule has 0 aromatic heterocycles. The second kappa shape index (κ2) is 13.1. The van der Waals surface area contributed by atoms with Crippen LogP contribution >= 0.6 is 19.2 Å². The highest BCUT2D eigenvalue weighted by Crippen LogP contribution is 2.59. The van der Waals surface area contributed by atoms with Crippen molar-refractivity contribution >= 4 is 35.1 Å². The Morgan fingerprint density at radius 2 is 1.54 bits per heavy atom. The Kier molecular flexibility index (Phi) is 10.4.